The Labute approximate surface area is 95.2 Å². The van der Waals surface area contributed by atoms with Gasteiger partial charge in [0.25, 0.3) is 0 Å². The number of hydrogen-bond donors (Lipinski definition) is 0. The van der Waals surface area contributed by atoms with Crippen LogP contribution in [0.5, 0.6) is 0 Å². The zero-order valence-corrected chi connectivity index (χ0v) is 8.88. The number of rotatable bonds is 3. The molecular weight excluding hydrogens is 237 g/mol. The normalized spacial score (nSPS) is 11.1. The van der Waals surface area contributed by atoms with Crippen molar-refractivity contribution < 1.29 is 27.5 Å². The summed E-state index contributed by atoms with van der Waals surface area (Å²) < 4.78 is 41.9. The number of hydrogen-bond acceptors (Lipinski definition) is 3. The van der Waals surface area contributed by atoms with Gasteiger partial charge in [-0.15, -0.1) is 0 Å². The summed E-state index contributed by atoms with van der Waals surface area (Å²) in [5.41, 5.74) is -1.08. The van der Waals surface area contributed by atoms with Crippen molar-refractivity contribution in [3.05, 3.63) is 34.9 Å². The summed E-state index contributed by atoms with van der Waals surface area (Å²) in [6, 6.07) is 2.73. The average Bonchev–Trinajstić information content (AvgIpc) is 2.27. The molecule has 0 saturated heterocycles. The molecule has 0 amide bonds. The van der Waals surface area contributed by atoms with E-state index in [1.807, 2.05) is 0 Å². The van der Waals surface area contributed by atoms with Crippen LogP contribution in [0.25, 0.3) is 0 Å². The summed E-state index contributed by atoms with van der Waals surface area (Å²) in [5.74, 6) is -0.872. The molecule has 0 radical (unpaired) electrons. The van der Waals surface area contributed by atoms with Gasteiger partial charge in [0, 0.05) is 6.42 Å². The van der Waals surface area contributed by atoms with E-state index in [0.717, 1.165) is 13.2 Å². The Kier molecular flexibility index (Phi) is 3.88. The molecule has 0 atom stereocenters. The number of carbonyl (C=O) groups excluding carboxylic acids is 2. The van der Waals surface area contributed by atoms with Gasteiger partial charge in [-0.25, -0.2) is 4.79 Å². The largest absolute Gasteiger partial charge is 0.465 e. The number of carbonyl (C=O) groups is 2. The molecule has 1 rings (SSSR count). The quantitative estimate of drug-likeness (QED) is 0.606. The minimum absolute atomic E-state index is 0.121. The third kappa shape index (κ3) is 3.30. The van der Waals surface area contributed by atoms with Crippen molar-refractivity contribution in [1.82, 2.24) is 0 Å². The molecule has 1 aromatic carbocycles. The highest BCUT2D eigenvalue weighted by atomic mass is 19.4. The lowest BCUT2D eigenvalue weighted by atomic mass is 10.0. The third-order valence-electron chi connectivity index (χ3n) is 2.06. The van der Waals surface area contributed by atoms with Crippen molar-refractivity contribution in [2.45, 2.75) is 12.6 Å². The van der Waals surface area contributed by atoms with Gasteiger partial charge < -0.3 is 9.53 Å². The summed E-state index contributed by atoms with van der Waals surface area (Å²) >= 11 is 0. The first-order valence-electron chi connectivity index (χ1n) is 4.61. The maximum atomic E-state index is 12.5. The zero-order chi connectivity index (χ0) is 13.1. The van der Waals surface area contributed by atoms with Crippen LogP contribution in [0.2, 0.25) is 0 Å². The van der Waals surface area contributed by atoms with Crippen molar-refractivity contribution in [2.24, 2.45) is 0 Å². The Morgan fingerprint density at radius 2 is 2.00 bits per heavy atom. The van der Waals surface area contributed by atoms with Gasteiger partial charge in [-0.1, -0.05) is 0 Å². The SMILES string of the molecule is COC(=O)c1cc(CC=O)cc(C(F)(F)F)c1. The fourth-order valence-electron chi connectivity index (χ4n) is 1.31. The zero-order valence-electron chi connectivity index (χ0n) is 8.88. The van der Waals surface area contributed by atoms with Crippen LogP contribution in [-0.4, -0.2) is 19.4 Å². The fourth-order valence-corrected chi connectivity index (χ4v) is 1.31. The molecule has 0 heterocycles. The van der Waals surface area contributed by atoms with Gasteiger partial charge in [-0.3, -0.25) is 0 Å². The Balaban J connectivity index is 3.28. The second kappa shape index (κ2) is 4.99. The Morgan fingerprint density at radius 1 is 1.35 bits per heavy atom. The van der Waals surface area contributed by atoms with Gasteiger partial charge in [0.05, 0.1) is 18.2 Å². The van der Waals surface area contributed by atoms with Crippen LogP contribution in [0, 0.1) is 0 Å². The predicted molar refractivity (Wildman–Crippen MR) is 52.6 cm³/mol. The van der Waals surface area contributed by atoms with Crippen LogP contribution < -0.4 is 0 Å². The molecule has 1 aromatic rings. The highest BCUT2D eigenvalue weighted by Gasteiger charge is 2.31. The Morgan fingerprint density at radius 3 is 2.47 bits per heavy atom. The van der Waals surface area contributed by atoms with Crippen molar-refractivity contribution in [1.29, 1.82) is 0 Å². The van der Waals surface area contributed by atoms with E-state index in [1.165, 1.54) is 6.07 Å². The van der Waals surface area contributed by atoms with E-state index in [-0.39, 0.29) is 17.5 Å². The van der Waals surface area contributed by atoms with Gasteiger partial charge in [-0.05, 0) is 23.8 Å². The molecule has 0 aliphatic carbocycles. The van der Waals surface area contributed by atoms with E-state index in [1.54, 1.807) is 0 Å². The highest BCUT2D eigenvalue weighted by molar-refractivity contribution is 5.90. The minimum atomic E-state index is -4.57. The number of benzene rings is 1. The van der Waals surface area contributed by atoms with E-state index < -0.39 is 17.7 Å². The molecule has 0 fully saturated rings. The van der Waals surface area contributed by atoms with Gasteiger partial charge in [0.2, 0.25) is 0 Å². The smallest absolute Gasteiger partial charge is 0.416 e. The molecule has 92 valence electrons. The van der Waals surface area contributed by atoms with Gasteiger partial charge in [0.1, 0.15) is 6.29 Å². The fraction of sp³-hybridized carbons (Fsp3) is 0.273. The first-order valence-corrected chi connectivity index (χ1v) is 4.61. The molecule has 0 aromatic heterocycles. The van der Waals surface area contributed by atoms with Crippen LogP contribution >= 0.6 is 0 Å². The molecule has 0 bridgehead atoms. The van der Waals surface area contributed by atoms with Crippen LogP contribution in [-0.2, 0) is 22.1 Å². The summed E-state index contributed by atoms with van der Waals surface area (Å²) in [4.78, 5) is 21.5. The summed E-state index contributed by atoms with van der Waals surface area (Å²) in [5, 5.41) is 0. The lowest BCUT2D eigenvalue weighted by Crippen LogP contribution is -2.10. The highest BCUT2D eigenvalue weighted by Crippen LogP contribution is 2.30. The molecular formula is C11H9F3O3. The summed E-state index contributed by atoms with van der Waals surface area (Å²) in [6.45, 7) is 0. The third-order valence-corrected chi connectivity index (χ3v) is 2.06. The van der Waals surface area contributed by atoms with E-state index >= 15 is 0 Å². The van der Waals surface area contributed by atoms with Crippen LogP contribution in [0.4, 0.5) is 13.2 Å². The summed E-state index contributed by atoms with van der Waals surface area (Å²) in [7, 11) is 1.07. The van der Waals surface area contributed by atoms with Crippen LogP contribution in [0.15, 0.2) is 18.2 Å². The Bertz CT molecular complexity index is 438. The van der Waals surface area contributed by atoms with Gasteiger partial charge in [0.15, 0.2) is 0 Å². The number of methoxy groups -OCH3 is 1. The maximum absolute atomic E-state index is 12.5. The van der Waals surface area contributed by atoms with Gasteiger partial charge >= 0.3 is 12.1 Å². The van der Waals surface area contributed by atoms with Crippen molar-refractivity contribution in [3.8, 4) is 0 Å². The number of aldehydes is 1. The second-order valence-electron chi connectivity index (χ2n) is 3.28. The standard InChI is InChI=1S/C11H9F3O3/c1-17-10(16)8-4-7(2-3-15)5-9(6-8)11(12,13)14/h3-6H,2H2,1H3. The van der Waals surface area contributed by atoms with E-state index in [0.29, 0.717) is 12.4 Å². The molecule has 0 aliphatic heterocycles. The molecule has 0 unspecified atom stereocenters. The van der Waals surface area contributed by atoms with Crippen LogP contribution in [0.3, 0.4) is 0 Å². The van der Waals surface area contributed by atoms with E-state index in [2.05, 4.69) is 4.74 Å². The number of esters is 1. The molecule has 0 spiro atoms. The molecule has 6 heteroatoms. The van der Waals surface area contributed by atoms with Crippen LogP contribution in [0.1, 0.15) is 21.5 Å². The lowest BCUT2D eigenvalue weighted by Gasteiger charge is -2.10. The minimum Gasteiger partial charge on any atom is -0.465 e. The van der Waals surface area contributed by atoms with Crippen molar-refractivity contribution in [3.63, 3.8) is 0 Å². The second-order valence-corrected chi connectivity index (χ2v) is 3.28. The first kappa shape index (κ1) is 13.2. The van der Waals surface area contributed by atoms with Crippen molar-refractivity contribution in [2.75, 3.05) is 7.11 Å². The molecule has 0 saturated carbocycles. The number of alkyl halides is 3. The van der Waals surface area contributed by atoms with E-state index in [9.17, 15) is 22.8 Å². The maximum Gasteiger partial charge on any atom is 0.416 e. The first-order chi connectivity index (χ1) is 7.88. The molecule has 17 heavy (non-hydrogen) atoms. The monoisotopic (exact) mass is 246 g/mol. The predicted octanol–water partition coefficient (Wildman–Crippen LogP) is 2.23. The van der Waals surface area contributed by atoms with Gasteiger partial charge in [-0.2, -0.15) is 13.2 Å². The molecule has 3 nitrogen and oxygen atoms in total. The summed E-state index contributed by atoms with van der Waals surface area (Å²) in [6.07, 6.45) is -4.29. The molecule has 0 N–H and O–H groups in total. The number of ether oxygens (including phenoxy) is 1. The van der Waals surface area contributed by atoms with Crippen molar-refractivity contribution >= 4 is 12.3 Å². The van der Waals surface area contributed by atoms with E-state index in [4.69, 9.17) is 0 Å². The average molecular weight is 246 g/mol. The molecule has 0 aliphatic rings. The Hall–Kier alpha value is -1.85. The lowest BCUT2D eigenvalue weighted by molar-refractivity contribution is -0.137. The topological polar surface area (TPSA) is 43.4 Å². The number of halogens is 3.